The smallest absolute Gasteiger partial charge is 0.368 e. The Morgan fingerprint density at radius 1 is 0.767 bits per heavy atom. The molecule has 0 spiro atoms. The van der Waals surface area contributed by atoms with Gasteiger partial charge in [0.05, 0.1) is 0 Å². The van der Waals surface area contributed by atoms with Gasteiger partial charge in [0, 0.05) is 5.92 Å². The lowest BCUT2D eigenvalue weighted by molar-refractivity contribution is -0.417. The van der Waals surface area contributed by atoms with Crippen LogP contribution in [-0.4, -0.2) is 54.0 Å². The molecule has 0 aromatic heterocycles. The van der Waals surface area contributed by atoms with Gasteiger partial charge >= 0.3 is 36.0 Å². The molecular weight excluding hydrogens is 452 g/mol. The first-order valence-electron chi connectivity index (χ1n) is 8.71. The summed E-state index contributed by atoms with van der Waals surface area (Å²) in [5, 5.41) is 9.60. The third-order valence-electron chi connectivity index (χ3n) is 4.72. The molecule has 0 rings (SSSR count). The van der Waals surface area contributed by atoms with Gasteiger partial charge in [-0.15, -0.1) is 0 Å². The van der Waals surface area contributed by atoms with Crippen LogP contribution in [0, 0.1) is 11.8 Å². The van der Waals surface area contributed by atoms with Gasteiger partial charge in [-0.3, -0.25) is 0 Å². The van der Waals surface area contributed by atoms with Crippen LogP contribution in [0.15, 0.2) is 0 Å². The predicted molar refractivity (Wildman–Crippen MR) is 80.6 cm³/mol. The van der Waals surface area contributed by atoms with Gasteiger partial charge in [0.2, 0.25) is 0 Å². The average molecular weight is 474 g/mol. The maximum absolute atomic E-state index is 13.6. The average Bonchev–Trinajstić information content (AvgIpc) is 2.62. The summed E-state index contributed by atoms with van der Waals surface area (Å²) in [6.07, 6.45) is -6.44. The lowest BCUT2D eigenvalue weighted by Crippen LogP contribution is -2.69. The van der Waals surface area contributed by atoms with E-state index in [9.17, 15) is 57.8 Å². The zero-order valence-corrected chi connectivity index (χ0v) is 16.0. The summed E-state index contributed by atoms with van der Waals surface area (Å²) in [7, 11) is 0. The molecule has 0 fully saturated rings. The van der Waals surface area contributed by atoms with Gasteiger partial charge in [-0.05, 0) is 12.3 Å². The first kappa shape index (κ1) is 29.1. The van der Waals surface area contributed by atoms with Crippen molar-refractivity contribution >= 4 is 0 Å². The molecule has 2 nitrogen and oxygen atoms in total. The molecule has 14 heteroatoms. The third kappa shape index (κ3) is 5.28. The van der Waals surface area contributed by atoms with Crippen molar-refractivity contribution in [1.29, 1.82) is 0 Å². The number of aliphatic hydroxyl groups is 1. The van der Waals surface area contributed by atoms with Crippen molar-refractivity contribution in [2.45, 2.75) is 82.4 Å². The Morgan fingerprint density at radius 2 is 1.20 bits per heavy atom. The van der Waals surface area contributed by atoms with Crippen LogP contribution in [0.25, 0.3) is 0 Å². The molecule has 0 bridgehead atoms. The van der Waals surface area contributed by atoms with E-state index in [1.165, 1.54) is 6.92 Å². The van der Waals surface area contributed by atoms with E-state index in [2.05, 4.69) is 4.74 Å². The molecule has 0 aliphatic heterocycles. The van der Waals surface area contributed by atoms with E-state index in [0.717, 1.165) is 0 Å². The summed E-state index contributed by atoms with van der Waals surface area (Å²) < 4.78 is 161. The zero-order valence-electron chi connectivity index (χ0n) is 16.0. The quantitative estimate of drug-likeness (QED) is 0.254. The fourth-order valence-electron chi connectivity index (χ4n) is 2.48. The molecule has 0 amide bonds. The van der Waals surface area contributed by atoms with Gasteiger partial charge in [0.25, 0.3) is 0 Å². The monoisotopic (exact) mass is 474 g/mol. The molecule has 0 saturated heterocycles. The third-order valence-corrected chi connectivity index (χ3v) is 4.72. The maximum atomic E-state index is 13.6. The van der Waals surface area contributed by atoms with E-state index in [0.29, 0.717) is 12.8 Å². The highest BCUT2D eigenvalue weighted by atomic mass is 19.4. The normalized spacial score (nSPS) is 17.0. The molecule has 1 N–H and O–H groups in total. The molecule has 2 atom stereocenters. The van der Waals surface area contributed by atoms with E-state index in [1.807, 2.05) is 0 Å². The van der Waals surface area contributed by atoms with Crippen LogP contribution in [-0.2, 0) is 4.74 Å². The van der Waals surface area contributed by atoms with E-state index < -0.39 is 54.9 Å². The first-order chi connectivity index (χ1) is 13.2. The summed E-state index contributed by atoms with van der Waals surface area (Å²) in [4.78, 5) is 0. The Hall–Kier alpha value is -0.920. The lowest BCUT2D eigenvalue weighted by atomic mass is 9.91. The van der Waals surface area contributed by atoms with Gasteiger partial charge < -0.3 is 9.84 Å². The molecular formula is C16H22F12O2. The number of ether oxygens (including phenoxy) is 1. The second kappa shape index (κ2) is 9.70. The Morgan fingerprint density at radius 3 is 1.57 bits per heavy atom. The molecule has 0 aromatic carbocycles. The molecule has 0 aliphatic carbocycles. The summed E-state index contributed by atoms with van der Waals surface area (Å²) in [5.41, 5.74) is 0. The predicted octanol–water partition coefficient (Wildman–Crippen LogP) is 6.23. The Bertz CT molecular complexity index is 534. The van der Waals surface area contributed by atoms with Crippen LogP contribution >= 0.6 is 0 Å². The minimum absolute atomic E-state index is 0.0418. The van der Waals surface area contributed by atoms with Crippen molar-refractivity contribution < 1.29 is 62.5 Å². The number of hydrogen-bond donors (Lipinski definition) is 1. The Balaban J connectivity index is 5.56. The number of alkyl halides is 12. The SMILES string of the molecule is CCC(CC)CC(C)C(O)OCC(F)(F)C(F)(F)C(F)(F)C(F)(F)C(F)(F)C(F)F. The molecule has 0 radical (unpaired) electrons. The van der Waals surface area contributed by atoms with Gasteiger partial charge in [-0.1, -0.05) is 33.6 Å². The standard InChI is InChI=1S/C16H22F12O2/c1-4-9(5-2)6-8(3)10(29)30-7-12(19,20)14(23,24)16(27,28)15(25,26)13(21,22)11(17)18/h8-11,29H,4-7H2,1-3H3. The second-order valence-electron chi connectivity index (χ2n) is 6.95. The fraction of sp³-hybridized carbons (Fsp3) is 1.00. The van der Waals surface area contributed by atoms with Crippen molar-refractivity contribution in [2.75, 3.05) is 6.61 Å². The largest absolute Gasteiger partial charge is 0.384 e. The molecule has 30 heavy (non-hydrogen) atoms. The van der Waals surface area contributed by atoms with Crippen molar-refractivity contribution in [1.82, 2.24) is 0 Å². The first-order valence-corrected chi connectivity index (χ1v) is 8.71. The van der Waals surface area contributed by atoms with E-state index in [-0.39, 0.29) is 12.3 Å². The van der Waals surface area contributed by atoms with Gasteiger partial charge in [-0.25, -0.2) is 8.78 Å². The highest BCUT2D eigenvalue weighted by Gasteiger charge is 2.87. The van der Waals surface area contributed by atoms with Gasteiger partial charge in [-0.2, -0.15) is 43.9 Å². The second-order valence-corrected chi connectivity index (χ2v) is 6.95. The minimum Gasteiger partial charge on any atom is -0.368 e. The molecule has 182 valence electrons. The summed E-state index contributed by atoms with van der Waals surface area (Å²) >= 11 is 0. The van der Waals surface area contributed by atoms with Gasteiger partial charge in [0.1, 0.15) is 6.61 Å². The highest BCUT2D eigenvalue weighted by Crippen LogP contribution is 2.58. The van der Waals surface area contributed by atoms with Crippen LogP contribution in [0.3, 0.4) is 0 Å². The van der Waals surface area contributed by atoms with Crippen LogP contribution in [0.1, 0.15) is 40.0 Å². The van der Waals surface area contributed by atoms with E-state index in [1.54, 1.807) is 13.8 Å². The summed E-state index contributed by atoms with van der Waals surface area (Å²) in [5.74, 6) is -36.7. The molecule has 2 unspecified atom stereocenters. The minimum atomic E-state index is -7.60. The summed E-state index contributed by atoms with van der Waals surface area (Å²) in [6.45, 7) is 1.98. The number of aliphatic hydroxyl groups excluding tert-OH is 1. The van der Waals surface area contributed by atoms with Crippen molar-refractivity contribution in [3.05, 3.63) is 0 Å². The summed E-state index contributed by atoms with van der Waals surface area (Å²) in [6, 6.07) is 0. The maximum Gasteiger partial charge on any atom is 0.384 e. The molecule has 0 aliphatic rings. The van der Waals surface area contributed by atoms with Crippen LogP contribution in [0.4, 0.5) is 52.7 Å². The molecule has 0 aromatic rings. The lowest BCUT2D eigenvalue weighted by Gasteiger charge is -2.39. The van der Waals surface area contributed by atoms with Crippen molar-refractivity contribution in [3.8, 4) is 0 Å². The van der Waals surface area contributed by atoms with Crippen molar-refractivity contribution in [3.63, 3.8) is 0 Å². The zero-order chi connectivity index (χ0) is 24.3. The Labute approximate surface area is 164 Å². The van der Waals surface area contributed by atoms with Crippen LogP contribution in [0.2, 0.25) is 0 Å². The van der Waals surface area contributed by atoms with Crippen molar-refractivity contribution in [2.24, 2.45) is 11.8 Å². The Kier molecular flexibility index (Phi) is 9.40. The van der Waals surface area contributed by atoms with E-state index in [4.69, 9.17) is 0 Å². The number of hydrogen-bond acceptors (Lipinski definition) is 2. The highest BCUT2D eigenvalue weighted by molar-refractivity contribution is 5.09. The molecule has 0 heterocycles. The van der Waals surface area contributed by atoms with E-state index >= 15 is 0 Å². The number of halogens is 12. The fourth-order valence-corrected chi connectivity index (χ4v) is 2.48. The van der Waals surface area contributed by atoms with Crippen LogP contribution < -0.4 is 0 Å². The van der Waals surface area contributed by atoms with Crippen LogP contribution in [0.5, 0.6) is 0 Å². The van der Waals surface area contributed by atoms with Gasteiger partial charge in [0.15, 0.2) is 6.29 Å². The molecule has 0 saturated carbocycles. The topological polar surface area (TPSA) is 29.5 Å². The number of rotatable bonds is 13.